The van der Waals surface area contributed by atoms with E-state index >= 15 is 0 Å². The Labute approximate surface area is 115 Å². The molecular formula is C16H23NO2. The van der Waals surface area contributed by atoms with Gasteiger partial charge in [-0.05, 0) is 43.4 Å². The van der Waals surface area contributed by atoms with Gasteiger partial charge >= 0.3 is 5.97 Å². The highest BCUT2D eigenvalue weighted by Gasteiger charge is 2.12. The van der Waals surface area contributed by atoms with Gasteiger partial charge in [0, 0.05) is 19.5 Å². The summed E-state index contributed by atoms with van der Waals surface area (Å²) in [5, 5.41) is 8.59. The maximum Gasteiger partial charge on any atom is 0.303 e. The summed E-state index contributed by atoms with van der Waals surface area (Å²) >= 11 is 0. The molecule has 0 aliphatic carbocycles. The van der Waals surface area contributed by atoms with Gasteiger partial charge < -0.3 is 10.0 Å². The molecule has 0 fully saturated rings. The molecule has 1 aliphatic heterocycles. The lowest BCUT2D eigenvalue weighted by atomic mass is 10.0. The third kappa shape index (κ3) is 4.67. The fourth-order valence-electron chi connectivity index (χ4n) is 2.73. The molecule has 0 amide bonds. The van der Waals surface area contributed by atoms with E-state index in [9.17, 15) is 4.79 Å². The molecule has 19 heavy (non-hydrogen) atoms. The lowest BCUT2D eigenvalue weighted by Crippen LogP contribution is -2.27. The lowest BCUT2D eigenvalue weighted by molar-refractivity contribution is -0.137. The number of fused-ring (bicyclic) bond motifs is 1. The third-order valence-corrected chi connectivity index (χ3v) is 3.88. The predicted molar refractivity (Wildman–Crippen MR) is 76.4 cm³/mol. The van der Waals surface area contributed by atoms with Crippen LogP contribution in [0.15, 0.2) is 24.3 Å². The van der Waals surface area contributed by atoms with Crippen molar-refractivity contribution in [3.8, 4) is 0 Å². The molecule has 1 aromatic carbocycles. The first-order valence-electron chi connectivity index (χ1n) is 7.26. The van der Waals surface area contributed by atoms with E-state index in [1.807, 2.05) is 0 Å². The molecule has 1 aliphatic rings. The van der Waals surface area contributed by atoms with E-state index in [0.717, 1.165) is 51.7 Å². The Morgan fingerprint density at radius 2 is 1.68 bits per heavy atom. The first-order valence-corrected chi connectivity index (χ1v) is 7.26. The summed E-state index contributed by atoms with van der Waals surface area (Å²) in [6.07, 6.45) is 5.55. The Bertz CT molecular complexity index is 390. The number of benzene rings is 1. The second-order valence-electron chi connectivity index (χ2n) is 5.31. The summed E-state index contributed by atoms with van der Waals surface area (Å²) in [7, 11) is 0. The molecule has 0 spiro atoms. The van der Waals surface area contributed by atoms with Gasteiger partial charge in [-0.2, -0.15) is 0 Å². The molecule has 0 bridgehead atoms. The van der Waals surface area contributed by atoms with Crippen LogP contribution >= 0.6 is 0 Å². The number of carboxylic acid groups (broad SMARTS) is 1. The molecule has 0 aromatic heterocycles. The van der Waals surface area contributed by atoms with Gasteiger partial charge in [-0.1, -0.05) is 30.7 Å². The number of hydrogen-bond acceptors (Lipinski definition) is 2. The Balaban J connectivity index is 1.69. The molecule has 3 heteroatoms. The second kappa shape index (κ2) is 7.29. The molecule has 0 saturated heterocycles. The molecule has 2 rings (SSSR count). The smallest absolute Gasteiger partial charge is 0.303 e. The van der Waals surface area contributed by atoms with Gasteiger partial charge in [0.1, 0.15) is 0 Å². The van der Waals surface area contributed by atoms with Crippen LogP contribution in [0.5, 0.6) is 0 Å². The summed E-state index contributed by atoms with van der Waals surface area (Å²) in [5.74, 6) is -0.676. The number of hydrogen-bond donors (Lipinski definition) is 1. The minimum absolute atomic E-state index is 0.311. The van der Waals surface area contributed by atoms with Crippen LogP contribution in [0, 0.1) is 0 Å². The van der Waals surface area contributed by atoms with Crippen molar-refractivity contribution in [1.82, 2.24) is 4.90 Å². The first kappa shape index (κ1) is 14.1. The van der Waals surface area contributed by atoms with Crippen LogP contribution in [0.3, 0.4) is 0 Å². The Hall–Kier alpha value is -1.35. The lowest BCUT2D eigenvalue weighted by Gasteiger charge is -2.19. The average molecular weight is 261 g/mol. The molecule has 104 valence electrons. The van der Waals surface area contributed by atoms with Crippen LogP contribution in [-0.2, 0) is 17.6 Å². The predicted octanol–water partition coefficient (Wildman–Crippen LogP) is 2.73. The van der Waals surface area contributed by atoms with E-state index in [0.29, 0.717) is 6.42 Å². The Kier molecular flexibility index (Phi) is 5.40. The average Bonchev–Trinajstić information content (AvgIpc) is 2.61. The molecule has 1 aromatic rings. The Morgan fingerprint density at radius 1 is 1.05 bits per heavy atom. The van der Waals surface area contributed by atoms with E-state index in [1.54, 1.807) is 0 Å². The molecule has 0 saturated carbocycles. The zero-order chi connectivity index (χ0) is 13.5. The van der Waals surface area contributed by atoms with E-state index in [2.05, 4.69) is 29.2 Å². The molecule has 0 atom stereocenters. The van der Waals surface area contributed by atoms with E-state index < -0.39 is 5.97 Å². The summed E-state index contributed by atoms with van der Waals surface area (Å²) in [6.45, 7) is 3.37. The highest BCUT2D eigenvalue weighted by molar-refractivity contribution is 5.66. The van der Waals surface area contributed by atoms with E-state index in [1.165, 1.54) is 11.1 Å². The van der Waals surface area contributed by atoms with Gasteiger partial charge in [0.15, 0.2) is 0 Å². The quantitative estimate of drug-likeness (QED) is 0.800. The van der Waals surface area contributed by atoms with Crippen molar-refractivity contribution in [2.45, 2.75) is 38.5 Å². The largest absolute Gasteiger partial charge is 0.481 e. The highest BCUT2D eigenvalue weighted by atomic mass is 16.4. The van der Waals surface area contributed by atoms with E-state index in [4.69, 9.17) is 5.11 Å². The number of nitrogens with zero attached hydrogens (tertiary/aromatic N) is 1. The van der Waals surface area contributed by atoms with Gasteiger partial charge in [0.2, 0.25) is 0 Å². The summed E-state index contributed by atoms with van der Waals surface area (Å²) in [6, 6.07) is 8.73. The van der Waals surface area contributed by atoms with Crippen molar-refractivity contribution in [3.05, 3.63) is 35.4 Å². The number of carboxylic acids is 1. The van der Waals surface area contributed by atoms with Crippen LogP contribution in [0.25, 0.3) is 0 Å². The standard InChI is InChI=1S/C16H23NO2/c18-16(19)8-2-1-5-11-17-12-9-14-6-3-4-7-15(14)10-13-17/h3-4,6-7H,1-2,5,8-13H2,(H,18,19). The summed E-state index contributed by atoms with van der Waals surface area (Å²) in [4.78, 5) is 12.9. The van der Waals surface area contributed by atoms with Crippen molar-refractivity contribution in [2.24, 2.45) is 0 Å². The third-order valence-electron chi connectivity index (χ3n) is 3.88. The first-order chi connectivity index (χ1) is 9.25. The summed E-state index contributed by atoms with van der Waals surface area (Å²) in [5.41, 5.74) is 2.99. The van der Waals surface area contributed by atoms with Crippen molar-refractivity contribution in [2.75, 3.05) is 19.6 Å². The van der Waals surface area contributed by atoms with E-state index in [-0.39, 0.29) is 0 Å². The number of aliphatic carboxylic acids is 1. The zero-order valence-corrected chi connectivity index (χ0v) is 11.5. The second-order valence-corrected chi connectivity index (χ2v) is 5.31. The van der Waals surface area contributed by atoms with Gasteiger partial charge in [-0.25, -0.2) is 0 Å². The molecular weight excluding hydrogens is 238 g/mol. The monoisotopic (exact) mass is 261 g/mol. The van der Waals surface area contributed by atoms with Crippen molar-refractivity contribution < 1.29 is 9.90 Å². The minimum Gasteiger partial charge on any atom is -0.481 e. The van der Waals surface area contributed by atoms with Gasteiger partial charge in [-0.15, -0.1) is 0 Å². The van der Waals surface area contributed by atoms with Crippen LogP contribution in [0.1, 0.15) is 36.8 Å². The zero-order valence-electron chi connectivity index (χ0n) is 11.5. The maximum atomic E-state index is 10.4. The fraction of sp³-hybridized carbons (Fsp3) is 0.562. The van der Waals surface area contributed by atoms with Gasteiger partial charge in [-0.3, -0.25) is 4.79 Å². The number of unbranched alkanes of at least 4 members (excludes halogenated alkanes) is 2. The molecule has 1 N–H and O–H groups in total. The fourth-order valence-corrected chi connectivity index (χ4v) is 2.73. The normalized spacial score (nSPS) is 15.8. The van der Waals surface area contributed by atoms with Crippen LogP contribution in [-0.4, -0.2) is 35.6 Å². The topological polar surface area (TPSA) is 40.5 Å². The summed E-state index contributed by atoms with van der Waals surface area (Å²) < 4.78 is 0. The molecule has 0 unspecified atom stereocenters. The molecule has 3 nitrogen and oxygen atoms in total. The molecule has 1 heterocycles. The highest BCUT2D eigenvalue weighted by Crippen LogP contribution is 2.16. The maximum absolute atomic E-state index is 10.4. The van der Waals surface area contributed by atoms with Crippen LogP contribution in [0.2, 0.25) is 0 Å². The van der Waals surface area contributed by atoms with Gasteiger partial charge in [0.25, 0.3) is 0 Å². The van der Waals surface area contributed by atoms with Crippen LogP contribution < -0.4 is 0 Å². The Morgan fingerprint density at radius 3 is 2.26 bits per heavy atom. The van der Waals surface area contributed by atoms with Crippen molar-refractivity contribution in [1.29, 1.82) is 0 Å². The van der Waals surface area contributed by atoms with Crippen molar-refractivity contribution >= 4 is 5.97 Å². The molecule has 0 radical (unpaired) electrons. The van der Waals surface area contributed by atoms with Crippen molar-refractivity contribution in [3.63, 3.8) is 0 Å². The van der Waals surface area contributed by atoms with Crippen LogP contribution in [0.4, 0.5) is 0 Å². The minimum atomic E-state index is -0.676. The van der Waals surface area contributed by atoms with Gasteiger partial charge in [0.05, 0.1) is 0 Å². The number of carbonyl (C=O) groups is 1. The number of rotatable bonds is 6. The SMILES string of the molecule is O=C(O)CCCCCN1CCc2ccccc2CC1.